The van der Waals surface area contributed by atoms with Crippen LogP contribution in [-0.4, -0.2) is 51.6 Å². The number of hydrogen-bond donors (Lipinski definition) is 1. The van der Waals surface area contributed by atoms with Crippen LogP contribution in [0.25, 0.3) is 5.69 Å². The van der Waals surface area contributed by atoms with Crippen LogP contribution in [0.5, 0.6) is 0 Å². The molecule has 0 aliphatic carbocycles. The maximum absolute atomic E-state index is 5.77. The Morgan fingerprint density at radius 1 is 1.03 bits per heavy atom. The summed E-state index contributed by atoms with van der Waals surface area (Å²) in [5.41, 5.74) is 3.37. The maximum Gasteiger partial charge on any atom is 0.170 e. The molecule has 6 heteroatoms. The molecule has 1 aliphatic heterocycles. The van der Waals surface area contributed by atoms with Crippen LogP contribution in [0, 0.1) is 0 Å². The molecule has 1 N–H and O–H groups in total. The largest absolute Gasteiger partial charge is 0.352 e. The normalized spacial score (nSPS) is 19.0. The smallest absolute Gasteiger partial charge is 0.170 e. The van der Waals surface area contributed by atoms with Crippen LogP contribution in [0.3, 0.4) is 0 Å². The van der Waals surface area contributed by atoms with Gasteiger partial charge in [-0.25, -0.2) is 0 Å². The second-order valence-electron chi connectivity index (χ2n) is 7.62. The van der Waals surface area contributed by atoms with E-state index in [0.717, 1.165) is 36.0 Å². The van der Waals surface area contributed by atoms with Crippen LogP contribution in [0.4, 0.5) is 0 Å². The quantitative estimate of drug-likeness (QED) is 0.605. The summed E-state index contributed by atoms with van der Waals surface area (Å²) in [6.07, 6.45) is 5.02. The van der Waals surface area contributed by atoms with Crippen molar-refractivity contribution in [2.45, 2.75) is 18.5 Å². The van der Waals surface area contributed by atoms with Crippen LogP contribution in [0.2, 0.25) is 0 Å². The second-order valence-corrected chi connectivity index (χ2v) is 8.00. The number of nitrogens with one attached hydrogen (secondary N) is 1. The predicted octanol–water partition coefficient (Wildman–Crippen LogP) is 3.80. The fourth-order valence-electron chi connectivity index (χ4n) is 3.98. The Morgan fingerprint density at radius 3 is 2.55 bits per heavy atom. The van der Waals surface area contributed by atoms with Crippen molar-refractivity contribution in [2.24, 2.45) is 0 Å². The number of thiocarbonyl (C=S) groups is 1. The molecule has 5 nitrogen and oxygen atoms in total. The minimum absolute atomic E-state index is 0.0143. The number of nitrogens with zero attached hydrogens (tertiary/aromatic N) is 4. The minimum Gasteiger partial charge on any atom is -0.352 e. The lowest BCUT2D eigenvalue weighted by atomic mass is 10.0. The number of benzene rings is 1. The van der Waals surface area contributed by atoms with Crippen LogP contribution in [0.15, 0.2) is 73.1 Å². The Morgan fingerprint density at radius 2 is 1.83 bits per heavy atom. The average molecular weight is 406 g/mol. The summed E-state index contributed by atoms with van der Waals surface area (Å²) in [5.74, 6) is 0. The molecule has 0 bridgehead atoms. The third-order valence-electron chi connectivity index (χ3n) is 5.32. The number of rotatable bonds is 7. The fourth-order valence-corrected chi connectivity index (χ4v) is 4.32. The van der Waals surface area contributed by atoms with Crippen LogP contribution in [-0.2, 0) is 0 Å². The van der Waals surface area contributed by atoms with Crippen LogP contribution >= 0.6 is 12.2 Å². The second kappa shape index (κ2) is 8.76. The maximum atomic E-state index is 5.77. The van der Waals surface area contributed by atoms with Gasteiger partial charge in [0, 0.05) is 30.3 Å². The molecule has 0 amide bonds. The molecule has 0 spiro atoms. The van der Waals surface area contributed by atoms with Gasteiger partial charge in [-0.15, -0.1) is 0 Å². The summed E-state index contributed by atoms with van der Waals surface area (Å²) in [6, 6.07) is 20.9. The summed E-state index contributed by atoms with van der Waals surface area (Å²) in [5, 5.41) is 4.34. The lowest BCUT2D eigenvalue weighted by molar-refractivity contribution is 0.286. The van der Waals surface area contributed by atoms with Gasteiger partial charge in [0.25, 0.3) is 0 Å². The van der Waals surface area contributed by atoms with Crippen molar-refractivity contribution in [3.05, 3.63) is 84.4 Å². The van der Waals surface area contributed by atoms with Gasteiger partial charge in [-0.3, -0.25) is 4.98 Å². The van der Waals surface area contributed by atoms with Gasteiger partial charge in [0.15, 0.2) is 5.11 Å². The van der Waals surface area contributed by atoms with Crippen molar-refractivity contribution < 1.29 is 0 Å². The van der Waals surface area contributed by atoms with E-state index in [1.165, 1.54) is 5.69 Å². The van der Waals surface area contributed by atoms with Crippen molar-refractivity contribution in [2.75, 3.05) is 27.2 Å². The van der Waals surface area contributed by atoms with E-state index in [0.29, 0.717) is 0 Å². The highest BCUT2D eigenvalue weighted by atomic mass is 32.1. The molecule has 3 heterocycles. The van der Waals surface area contributed by atoms with Crippen molar-refractivity contribution in [3.63, 3.8) is 0 Å². The number of hydrogen-bond acceptors (Lipinski definition) is 3. The zero-order valence-corrected chi connectivity index (χ0v) is 17.7. The first-order chi connectivity index (χ1) is 14.1. The third kappa shape index (κ3) is 4.18. The van der Waals surface area contributed by atoms with E-state index in [9.17, 15) is 0 Å². The van der Waals surface area contributed by atoms with E-state index < -0.39 is 0 Å². The Labute approximate surface area is 178 Å². The Hall–Kier alpha value is -2.70. The molecule has 1 fully saturated rings. The molecular weight excluding hydrogens is 378 g/mol. The molecule has 0 radical (unpaired) electrons. The zero-order valence-electron chi connectivity index (χ0n) is 16.9. The molecule has 1 aromatic carbocycles. The van der Waals surface area contributed by atoms with Crippen molar-refractivity contribution in [1.29, 1.82) is 0 Å². The van der Waals surface area contributed by atoms with Gasteiger partial charge in [-0.05, 0) is 75.7 Å². The molecule has 29 heavy (non-hydrogen) atoms. The standard InChI is InChI=1S/C23H27N5S/c1-26(2)15-9-17-28-22(21(25-23(28)29)19-12-6-7-14-24-19)20-13-8-16-27(20)18-10-4-3-5-11-18/h3-8,10-14,16,21-22H,9,15,17H2,1-2H3,(H,25,29)/t21-,22-/m0/s1. The third-order valence-corrected chi connectivity index (χ3v) is 5.67. The van der Waals surface area contributed by atoms with Crippen molar-refractivity contribution in [1.82, 2.24) is 24.7 Å². The molecule has 0 saturated carbocycles. The van der Waals surface area contributed by atoms with E-state index >= 15 is 0 Å². The highest BCUT2D eigenvalue weighted by Gasteiger charge is 2.40. The SMILES string of the molecule is CN(C)CCCN1C(=S)N[C@@H](c2ccccn2)[C@@H]1c1cccn1-c1ccccc1. The number of para-hydroxylation sites is 1. The molecule has 1 saturated heterocycles. The van der Waals surface area contributed by atoms with Gasteiger partial charge >= 0.3 is 0 Å². The first-order valence-corrected chi connectivity index (χ1v) is 10.4. The van der Waals surface area contributed by atoms with Gasteiger partial charge < -0.3 is 19.7 Å². The predicted molar refractivity (Wildman–Crippen MR) is 121 cm³/mol. The molecule has 2 aromatic heterocycles. The van der Waals surface area contributed by atoms with Crippen LogP contribution in [0.1, 0.15) is 29.9 Å². The van der Waals surface area contributed by atoms with E-state index in [2.05, 4.69) is 87.4 Å². The monoisotopic (exact) mass is 405 g/mol. The van der Waals surface area contributed by atoms with Gasteiger partial charge in [0.2, 0.25) is 0 Å². The Kier molecular flexibility index (Phi) is 5.92. The Balaban J connectivity index is 1.72. The summed E-state index contributed by atoms with van der Waals surface area (Å²) < 4.78 is 2.26. The van der Waals surface area contributed by atoms with Gasteiger partial charge in [-0.1, -0.05) is 24.3 Å². The molecule has 3 aromatic rings. The number of aromatic nitrogens is 2. The summed E-state index contributed by atoms with van der Waals surface area (Å²) in [6.45, 7) is 1.93. The lowest BCUT2D eigenvalue weighted by Gasteiger charge is -2.29. The van der Waals surface area contributed by atoms with Gasteiger partial charge in [0.05, 0.1) is 17.8 Å². The first-order valence-electron chi connectivity index (χ1n) is 10.0. The van der Waals surface area contributed by atoms with Gasteiger partial charge in [0.1, 0.15) is 0 Å². The van der Waals surface area contributed by atoms with Crippen molar-refractivity contribution >= 4 is 17.3 Å². The fraction of sp³-hybridized carbons (Fsp3) is 0.304. The highest BCUT2D eigenvalue weighted by molar-refractivity contribution is 7.80. The minimum atomic E-state index is 0.0143. The molecule has 4 rings (SSSR count). The van der Waals surface area contributed by atoms with Crippen molar-refractivity contribution in [3.8, 4) is 5.69 Å². The molecule has 0 unspecified atom stereocenters. The average Bonchev–Trinajstić information content (AvgIpc) is 3.34. The van der Waals surface area contributed by atoms with E-state index in [1.54, 1.807) is 0 Å². The molecular formula is C23H27N5S. The summed E-state index contributed by atoms with van der Waals surface area (Å²) in [4.78, 5) is 9.17. The Bertz CT molecular complexity index is 938. The molecule has 1 aliphatic rings. The van der Waals surface area contributed by atoms with Crippen LogP contribution < -0.4 is 5.32 Å². The zero-order chi connectivity index (χ0) is 20.2. The lowest BCUT2D eigenvalue weighted by Crippen LogP contribution is -2.32. The summed E-state index contributed by atoms with van der Waals surface area (Å²) in [7, 11) is 4.21. The molecule has 2 atom stereocenters. The number of pyridine rings is 1. The van der Waals surface area contributed by atoms with E-state index in [4.69, 9.17) is 12.2 Å². The molecule has 150 valence electrons. The topological polar surface area (TPSA) is 36.3 Å². The van der Waals surface area contributed by atoms with Gasteiger partial charge in [-0.2, -0.15) is 0 Å². The van der Waals surface area contributed by atoms with E-state index in [1.807, 2.05) is 24.4 Å². The summed E-state index contributed by atoms with van der Waals surface area (Å²) >= 11 is 5.77. The van der Waals surface area contributed by atoms with E-state index in [-0.39, 0.29) is 12.1 Å². The first kappa shape index (κ1) is 19.6. The highest BCUT2D eigenvalue weighted by Crippen LogP contribution is 2.39.